The minimum Gasteiger partial charge on any atom is -0.502 e. The molecule has 3 aromatic heterocycles. The summed E-state index contributed by atoms with van der Waals surface area (Å²) in [7, 11) is 0. The zero-order valence-electron chi connectivity index (χ0n) is 13.7. The molecule has 6 nitrogen and oxygen atoms in total. The lowest BCUT2D eigenvalue weighted by Crippen LogP contribution is -2.22. The molecule has 0 aliphatic carbocycles. The van der Waals surface area contributed by atoms with Crippen molar-refractivity contribution in [2.75, 3.05) is 0 Å². The van der Waals surface area contributed by atoms with Gasteiger partial charge in [-0.3, -0.25) is 14.2 Å². The largest absolute Gasteiger partial charge is 0.502 e. The molecule has 25 heavy (non-hydrogen) atoms. The van der Waals surface area contributed by atoms with Crippen molar-refractivity contribution in [3.05, 3.63) is 61.8 Å². The lowest BCUT2D eigenvalue weighted by Gasteiger charge is -2.10. The van der Waals surface area contributed by atoms with Gasteiger partial charge in [0.1, 0.15) is 16.9 Å². The van der Waals surface area contributed by atoms with Crippen molar-refractivity contribution >= 4 is 33.3 Å². The first-order valence-corrected chi connectivity index (χ1v) is 9.27. The minimum atomic E-state index is -0.502. The van der Waals surface area contributed by atoms with Crippen LogP contribution in [0.5, 0.6) is 5.75 Å². The Bertz CT molecular complexity index is 1080. The molecule has 0 bridgehead atoms. The zero-order chi connectivity index (χ0) is 18.1. The molecule has 0 unspecified atom stereocenters. The third-order valence-corrected chi connectivity index (χ3v) is 5.88. The van der Waals surface area contributed by atoms with Gasteiger partial charge in [-0.25, -0.2) is 4.98 Å². The van der Waals surface area contributed by atoms with Gasteiger partial charge in [-0.2, -0.15) is 0 Å². The molecule has 3 rings (SSSR count). The number of thioether (sulfide) groups is 1. The second kappa shape index (κ2) is 6.89. The number of rotatable bonds is 5. The van der Waals surface area contributed by atoms with Crippen molar-refractivity contribution < 1.29 is 9.52 Å². The molecule has 0 saturated heterocycles. The Kier molecular flexibility index (Phi) is 4.82. The Balaban J connectivity index is 2.03. The molecule has 0 aliphatic heterocycles. The number of aryl methyl sites for hydroxylation is 2. The minimum absolute atomic E-state index is 0.0959. The predicted molar refractivity (Wildman–Crippen MR) is 99.8 cm³/mol. The Hall–Kier alpha value is -2.32. The first kappa shape index (κ1) is 17.5. The van der Waals surface area contributed by atoms with Gasteiger partial charge < -0.3 is 9.52 Å². The van der Waals surface area contributed by atoms with Crippen molar-refractivity contribution in [2.24, 2.45) is 0 Å². The van der Waals surface area contributed by atoms with Crippen LogP contribution < -0.4 is 11.0 Å². The van der Waals surface area contributed by atoms with Crippen molar-refractivity contribution in [3.63, 3.8) is 0 Å². The molecule has 0 fully saturated rings. The molecule has 0 spiro atoms. The van der Waals surface area contributed by atoms with Crippen LogP contribution in [0.15, 0.2) is 44.1 Å². The maximum absolute atomic E-state index is 12.8. The van der Waals surface area contributed by atoms with Crippen LogP contribution >= 0.6 is 23.1 Å². The number of aromatic nitrogens is 2. The first-order valence-electron chi connectivity index (χ1n) is 7.47. The van der Waals surface area contributed by atoms with E-state index in [1.54, 1.807) is 10.6 Å². The molecule has 0 saturated carbocycles. The Morgan fingerprint density at radius 2 is 2.20 bits per heavy atom. The quantitative estimate of drug-likeness (QED) is 0.418. The van der Waals surface area contributed by atoms with E-state index < -0.39 is 11.2 Å². The lowest BCUT2D eigenvalue weighted by molar-refractivity contribution is 0.419. The van der Waals surface area contributed by atoms with Crippen LogP contribution in [0, 0.1) is 13.8 Å². The van der Waals surface area contributed by atoms with Crippen LogP contribution in [0.3, 0.4) is 0 Å². The molecule has 0 amide bonds. The van der Waals surface area contributed by atoms with E-state index in [0.29, 0.717) is 33.4 Å². The predicted octanol–water partition coefficient (Wildman–Crippen LogP) is 3.21. The summed E-state index contributed by atoms with van der Waals surface area (Å²) in [6.45, 7) is 7.94. The molecule has 1 N–H and O–H groups in total. The van der Waals surface area contributed by atoms with Crippen molar-refractivity contribution in [1.82, 2.24) is 9.55 Å². The number of hydrogen-bond acceptors (Lipinski definition) is 7. The van der Waals surface area contributed by atoms with E-state index in [4.69, 9.17) is 4.42 Å². The van der Waals surface area contributed by atoms with Crippen molar-refractivity contribution in [3.8, 4) is 5.75 Å². The summed E-state index contributed by atoms with van der Waals surface area (Å²) in [5.41, 5.74) is 0.357. The fourth-order valence-corrected chi connectivity index (χ4v) is 4.33. The summed E-state index contributed by atoms with van der Waals surface area (Å²) in [6.07, 6.45) is 2.66. The monoisotopic (exact) mass is 376 g/mol. The van der Waals surface area contributed by atoms with E-state index in [0.717, 1.165) is 16.7 Å². The highest BCUT2D eigenvalue weighted by Gasteiger charge is 2.16. The third-order valence-electron chi connectivity index (χ3n) is 3.78. The molecule has 0 aromatic carbocycles. The molecule has 0 atom stereocenters. The van der Waals surface area contributed by atoms with Crippen molar-refractivity contribution in [2.45, 2.75) is 31.3 Å². The molecule has 0 aliphatic rings. The average molecular weight is 376 g/mol. The number of hydrogen-bond donors (Lipinski definition) is 1. The second-order valence-electron chi connectivity index (χ2n) is 5.45. The molecule has 3 heterocycles. The van der Waals surface area contributed by atoms with Gasteiger partial charge in [0.15, 0.2) is 10.9 Å². The molecular formula is C17H16N2O4S2. The van der Waals surface area contributed by atoms with Crippen LogP contribution in [-0.2, 0) is 12.3 Å². The molecular weight excluding hydrogens is 360 g/mol. The Morgan fingerprint density at radius 3 is 2.88 bits per heavy atom. The van der Waals surface area contributed by atoms with Crippen LogP contribution in [0.2, 0.25) is 0 Å². The first-order chi connectivity index (χ1) is 11.9. The van der Waals surface area contributed by atoms with E-state index in [1.165, 1.54) is 29.2 Å². The van der Waals surface area contributed by atoms with Gasteiger partial charge in [-0.15, -0.1) is 17.9 Å². The molecule has 130 valence electrons. The standard InChI is InChI=1S/C17H16N2O4S2/c1-4-5-19-16(22)14-9(2)10(3)25-15(14)18-17(19)24-8-11-6-12(20)13(21)7-23-11/h4,6-7,21H,1,5,8H2,2-3H3. The van der Waals surface area contributed by atoms with Crippen LogP contribution in [-0.4, -0.2) is 14.7 Å². The lowest BCUT2D eigenvalue weighted by atomic mass is 10.2. The Morgan fingerprint density at radius 1 is 1.44 bits per heavy atom. The maximum atomic E-state index is 12.8. The maximum Gasteiger partial charge on any atom is 0.263 e. The number of nitrogens with zero attached hydrogens (tertiary/aromatic N) is 2. The summed E-state index contributed by atoms with van der Waals surface area (Å²) in [5, 5.41) is 10.4. The van der Waals surface area contributed by atoms with Gasteiger partial charge in [-0.1, -0.05) is 17.8 Å². The van der Waals surface area contributed by atoms with E-state index in [1.807, 2.05) is 13.8 Å². The van der Waals surface area contributed by atoms with Gasteiger partial charge in [0, 0.05) is 17.5 Å². The van der Waals surface area contributed by atoms with Crippen molar-refractivity contribution in [1.29, 1.82) is 0 Å². The molecule has 3 aromatic rings. The van der Waals surface area contributed by atoms with E-state index in [2.05, 4.69) is 11.6 Å². The van der Waals surface area contributed by atoms with E-state index in [9.17, 15) is 14.7 Å². The van der Waals surface area contributed by atoms with Crippen LogP contribution in [0.25, 0.3) is 10.2 Å². The Labute approximate surface area is 151 Å². The fourth-order valence-electron chi connectivity index (χ4n) is 2.36. The fraction of sp³-hybridized carbons (Fsp3) is 0.235. The second-order valence-corrected chi connectivity index (χ2v) is 7.59. The summed E-state index contributed by atoms with van der Waals surface area (Å²) < 4.78 is 6.76. The smallest absolute Gasteiger partial charge is 0.263 e. The van der Waals surface area contributed by atoms with Crippen LogP contribution in [0.4, 0.5) is 0 Å². The number of aromatic hydroxyl groups is 1. The summed E-state index contributed by atoms with van der Waals surface area (Å²) >= 11 is 2.79. The topological polar surface area (TPSA) is 85.3 Å². The molecule has 8 heteroatoms. The van der Waals surface area contributed by atoms with Crippen LogP contribution in [0.1, 0.15) is 16.2 Å². The van der Waals surface area contributed by atoms with Gasteiger partial charge in [-0.05, 0) is 19.4 Å². The highest BCUT2D eigenvalue weighted by atomic mass is 32.2. The summed E-state index contributed by atoms with van der Waals surface area (Å²) in [4.78, 5) is 30.7. The number of thiophene rings is 1. The average Bonchev–Trinajstić information content (AvgIpc) is 2.86. The van der Waals surface area contributed by atoms with Gasteiger partial charge in [0.2, 0.25) is 5.43 Å². The van der Waals surface area contributed by atoms with Gasteiger partial charge in [0.05, 0.1) is 11.1 Å². The van der Waals surface area contributed by atoms with Gasteiger partial charge in [0.25, 0.3) is 5.56 Å². The third kappa shape index (κ3) is 3.27. The van der Waals surface area contributed by atoms with Gasteiger partial charge >= 0.3 is 0 Å². The van der Waals surface area contributed by atoms with E-state index in [-0.39, 0.29) is 5.56 Å². The zero-order valence-corrected chi connectivity index (χ0v) is 15.4. The number of allylic oxidation sites excluding steroid dienone is 1. The highest BCUT2D eigenvalue weighted by Crippen LogP contribution is 2.29. The highest BCUT2D eigenvalue weighted by molar-refractivity contribution is 7.98. The summed E-state index contributed by atoms with van der Waals surface area (Å²) in [5.74, 6) is 0.278. The van der Waals surface area contributed by atoms with E-state index >= 15 is 0 Å². The molecule has 0 radical (unpaired) electrons. The summed E-state index contributed by atoms with van der Waals surface area (Å²) in [6, 6.07) is 1.23. The normalized spacial score (nSPS) is 11.1. The number of fused-ring (bicyclic) bond motifs is 1. The SMILES string of the molecule is C=CCn1c(SCc2cc(=O)c(O)co2)nc2sc(C)c(C)c2c1=O.